The van der Waals surface area contributed by atoms with Crippen molar-refractivity contribution in [2.75, 3.05) is 32.3 Å². The van der Waals surface area contributed by atoms with Crippen molar-refractivity contribution < 1.29 is 28.6 Å². The smallest absolute Gasteiger partial charge is 0.311 e. The van der Waals surface area contributed by atoms with Gasteiger partial charge in [0.05, 0.1) is 25.8 Å². The molecule has 0 unspecified atom stereocenters. The highest BCUT2D eigenvalue weighted by Crippen LogP contribution is 2.36. The Labute approximate surface area is 175 Å². The van der Waals surface area contributed by atoms with Crippen LogP contribution in [-0.2, 0) is 14.3 Å². The summed E-state index contributed by atoms with van der Waals surface area (Å²) in [6.45, 7) is 3.61. The van der Waals surface area contributed by atoms with Crippen molar-refractivity contribution in [3.05, 3.63) is 53.1 Å². The number of hydrogen-bond acceptors (Lipinski definition) is 6. The number of ketones is 1. The number of carbonyl (C=O) groups is 3. The number of Topliss-reactive ketones (excluding diaryl/α,β-unsaturated/α-hetero) is 1. The Morgan fingerprint density at radius 2 is 1.83 bits per heavy atom. The van der Waals surface area contributed by atoms with Gasteiger partial charge in [-0.15, -0.1) is 0 Å². The maximum atomic E-state index is 12.5. The SMILES string of the molecule is COc1ccc(N2C[C@H](C(=O)OCC(=O)c3ccc(C)cc3C)CC2=O)c(OC)c1. The number of carbonyl (C=O) groups excluding carboxylic acids is 3. The van der Waals surface area contributed by atoms with Gasteiger partial charge >= 0.3 is 5.97 Å². The Bertz CT molecular complexity index is 984. The zero-order chi connectivity index (χ0) is 21.8. The Morgan fingerprint density at radius 1 is 1.07 bits per heavy atom. The lowest BCUT2D eigenvalue weighted by Gasteiger charge is -2.20. The van der Waals surface area contributed by atoms with E-state index in [4.69, 9.17) is 14.2 Å². The number of benzene rings is 2. The van der Waals surface area contributed by atoms with Crippen LogP contribution in [0, 0.1) is 19.8 Å². The van der Waals surface area contributed by atoms with E-state index in [9.17, 15) is 14.4 Å². The third-order valence-electron chi connectivity index (χ3n) is 5.16. The Kier molecular flexibility index (Phi) is 6.40. The van der Waals surface area contributed by atoms with Crippen LogP contribution in [0.2, 0.25) is 0 Å². The number of nitrogens with zero attached hydrogens (tertiary/aromatic N) is 1. The van der Waals surface area contributed by atoms with Gasteiger partial charge in [0, 0.05) is 24.6 Å². The van der Waals surface area contributed by atoms with Crippen molar-refractivity contribution in [1.82, 2.24) is 0 Å². The largest absolute Gasteiger partial charge is 0.497 e. The molecule has 0 aromatic heterocycles. The minimum Gasteiger partial charge on any atom is -0.497 e. The molecule has 158 valence electrons. The summed E-state index contributed by atoms with van der Waals surface area (Å²) in [6.07, 6.45) is 0.0196. The van der Waals surface area contributed by atoms with Gasteiger partial charge in [-0.05, 0) is 31.5 Å². The number of aryl methyl sites for hydroxylation is 2. The van der Waals surface area contributed by atoms with E-state index in [1.54, 1.807) is 31.4 Å². The zero-order valence-corrected chi connectivity index (χ0v) is 17.6. The van der Waals surface area contributed by atoms with Crippen LogP contribution in [0.25, 0.3) is 0 Å². The Morgan fingerprint density at radius 3 is 2.50 bits per heavy atom. The fourth-order valence-electron chi connectivity index (χ4n) is 3.56. The van der Waals surface area contributed by atoms with Crippen molar-refractivity contribution in [2.24, 2.45) is 5.92 Å². The van der Waals surface area contributed by atoms with E-state index in [-0.39, 0.29) is 31.3 Å². The van der Waals surface area contributed by atoms with Gasteiger partial charge in [0.25, 0.3) is 0 Å². The second kappa shape index (κ2) is 8.98. The van der Waals surface area contributed by atoms with Crippen LogP contribution in [0.4, 0.5) is 5.69 Å². The molecule has 2 aromatic carbocycles. The summed E-state index contributed by atoms with van der Waals surface area (Å²) in [5.74, 6) is -0.600. The summed E-state index contributed by atoms with van der Waals surface area (Å²) in [6, 6.07) is 10.6. The topological polar surface area (TPSA) is 82.1 Å². The van der Waals surface area contributed by atoms with E-state index >= 15 is 0 Å². The quantitative estimate of drug-likeness (QED) is 0.514. The van der Waals surface area contributed by atoms with Crippen LogP contribution in [0.15, 0.2) is 36.4 Å². The van der Waals surface area contributed by atoms with Crippen LogP contribution in [-0.4, -0.2) is 45.0 Å². The predicted molar refractivity (Wildman–Crippen MR) is 111 cm³/mol. The van der Waals surface area contributed by atoms with Gasteiger partial charge in [-0.2, -0.15) is 0 Å². The van der Waals surface area contributed by atoms with Crippen LogP contribution < -0.4 is 14.4 Å². The molecule has 3 rings (SSSR count). The highest BCUT2D eigenvalue weighted by Gasteiger charge is 2.37. The van der Waals surface area contributed by atoms with Gasteiger partial charge in [-0.25, -0.2) is 0 Å². The molecule has 7 heteroatoms. The Hall–Kier alpha value is -3.35. The van der Waals surface area contributed by atoms with Crippen molar-refractivity contribution in [1.29, 1.82) is 0 Å². The predicted octanol–water partition coefficient (Wildman–Crippen LogP) is 3.10. The van der Waals surface area contributed by atoms with E-state index in [1.165, 1.54) is 12.0 Å². The Balaban J connectivity index is 1.65. The van der Waals surface area contributed by atoms with Crippen molar-refractivity contribution >= 4 is 23.3 Å². The molecule has 1 fully saturated rings. The number of amides is 1. The molecule has 1 aliphatic rings. The van der Waals surface area contributed by atoms with Gasteiger partial charge in [0.1, 0.15) is 11.5 Å². The highest BCUT2D eigenvalue weighted by molar-refractivity contribution is 6.02. The van der Waals surface area contributed by atoms with Crippen LogP contribution in [0.5, 0.6) is 11.5 Å². The van der Waals surface area contributed by atoms with Crippen LogP contribution in [0.3, 0.4) is 0 Å². The van der Waals surface area contributed by atoms with Gasteiger partial charge in [0.15, 0.2) is 6.61 Å². The first-order valence-corrected chi connectivity index (χ1v) is 9.63. The summed E-state index contributed by atoms with van der Waals surface area (Å²) in [4.78, 5) is 38.9. The first-order valence-electron chi connectivity index (χ1n) is 9.63. The molecular weight excluding hydrogens is 386 g/mol. The lowest BCUT2D eigenvalue weighted by Crippen LogP contribution is -2.27. The first-order chi connectivity index (χ1) is 14.3. The molecule has 1 atom stereocenters. The third kappa shape index (κ3) is 4.45. The molecule has 1 heterocycles. The lowest BCUT2D eigenvalue weighted by atomic mass is 10.0. The lowest BCUT2D eigenvalue weighted by molar-refractivity contribution is -0.147. The van der Waals surface area contributed by atoms with E-state index in [0.29, 0.717) is 22.7 Å². The van der Waals surface area contributed by atoms with Gasteiger partial charge in [-0.3, -0.25) is 14.4 Å². The first kappa shape index (κ1) is 21.4. The molecule has 1 saturated heterocycles. The minimum absolute atomic E-state index is 0.0196. The van der Waals surface area contributed by atoms with Gasteiger partial charge in [0.2, 0.25) is 11.7 Å². The number of methoxy groups -OCH3 is 2. The van der Waals surface area contributed by atoms with Crippen LogP contribution >= 0.6 is 0 Å². The summed E-state index contributed by atoms with van der Waals surface area (Å²) in [5, 5.41) is 0. The molecule has 1 amide bonds. The summed E-state index contributed by atoms with van der Waals surface area (Å²) < 4.78 is 15.8. The highest BCUT2D eigenvalue weighted by atomic mass is 16.5. The second-order valence-corrected chi connectivity index (χ2v) is 7.29. The fraction of sp³-hybridized carbons (Fsp3) is 0.348. The molecule has 2 aromatic rings. The van der Waals surface area contributed by atoms with Crippen molar-refractivity contribution in [3.8, 4) is 11.5 Å². The van der Waals surface area contributed by atoms with E-state index in [1.807, 2.05) is 26.0 Å². The molecule has 0 saturated carbocycles. The van der Waals surface area contributed by atoms with E-state index in [0.717, 1.165) is 11.1 Å². The van der Waals surface area contributed by atoms with Gasteiger partial charge in [-0.1, -0.05) is 23.8 Å². The maximum absolute atomic E-state index is 12.5. The number of hydrogen-bond donors (Lipinski definition) is 0. The van der Waals surface area contributed by atoms with Crippen molar-refractivity contribution in [3.63, 3.8) is 0 Å². The molecule has 7 nitrogen and oxygen atoms in total. The molecule has 0 N–H and O–H groups in total. The third-order valence-corrected chi connectivity index (χ3v) is 5.16. The van der Waals surface area contributed by atoms with Crippen molar-refractivity contribution in [2.45, 2.75) is 20.3 Å². The van der Waals surface area contributed by atoms with E-state index in [2.05, 4.69) is 0 Å². The molecule has 1 aliphatic heterocycles. The fourth-order valence-corrected chi connectivity index (χ4v) is 3.56. The molecule has 0 bridgehead atoms. The molecule has 0 spiro atoms. The molecule has 30 heavy (non-hydrogen) atoms. The zero-order valence-electron chi connectivity index (χ0n) is 17.6. The number of ether oxygens (including phenoxy) is 3. The maximum Gasteiger partial charge on any atom is 0.311 e. The number of rotatable bonds is 7. The number of anilines is 1. The molecular formula is C23H25NO6. The summed E-state index contributed by atoms with van der Waals surface area (Å²) in [5.41, 5.74) is 2.98. The summed E-state index contributed by atoms with van der Waals surface area (Å²) in [7, 11) is 3.05. The normalized spacial score (nSPS) is 15.8. The monoisotopic (exact) mass is 411 g/mol. The van der Waals surface area contributed by atoms with Crippen LogP contribution in [0.1, 0.15) is 27.9 Å². The average Bonchev–Trinajstić information content (AvgIpc) is 3.12. The minimum atomic E-state index is -0.642. The summed E-state index contributed by atoms with van der Waals surface area (Å²) >= 11 is 0. The molecule has 0 aliphatic carbocycles. The second-order valence-electron chi connectivity index (χ2n) is 7.29. The standard InChI is InChI=1S/C23H25NO6/c1-14-5-7-18(15(2)9-14)20(25)13-30-23(27)16-10-22(26)24(12-16)19-8-6-17(28-3)11-21(19)29-4/h5-9,11,16H,10,12-13H2,1-4H3/t16-/m1/s1. The van der Waals surface area contributed by atoms with E-state index < -0.39 is 11.9 Å². The van der Waals surface area contributed by atoms with Gasteiger partial charge < -0.3 is 19.1 Å². The molecule has 0 radical (unpaired) electrons. The average molecular weight is 411 g/mol. The number of esters is 1.